The van der Waals surface area contributed by atoms with Crippen molar-refractivity contribution in [3.8, 4) is 0 Å². The lowest BCUT2D eigenvalue weighted by Crippen LogP contribution is -2.36. The molecule has 0 bridgehead atoms. The molecule has 0 aliphatic heterocycles. The highest BCUT2D eigenvalue weighted by Crippen LogP contribution is 2.08. The lowest BCUT2D eigenvalue weighted by molar-refractivity contribution is -0.137. The Labute approximate surface area is 110 Å². The molecule has 6 heteroatoms. The van der Waals surface area contributed by atoms with Gasteiger partial charge in [-0.2, -0.15) is 0 Å². The Kier molecular flexibility index (Phi) is 5.05. The molecule has 19 heavy (non-hydrogen) atoms. The average molecular weight is 264 g/mol. The van der Waals surface area contributed by atoms with Crippen molar-refractivity contribution in [2.45, 2.75) is 13.3 Å². The maximum atomic E-state index is 12.1. The van der Waals surface area contributed by atoms with Crippen molar-refractivity contribution in [2.75, 3.05) is 13.1 Å². The van der Waals surface area contributed by atoms with Gasteiger partial charge in [-0.1, -0.05) is 6.92 Å². The second-order valence-electron chi connectivity index (χ2n) is 4.06. The number of primary amides is 1. The smallest absolute Gasteiger partial charge is 0.323 e. The molecule has 6 nitrogen and oxygen atoms in total. The number of carbonyl (C=O) groups is 3. The van der Waals surface area contributed by atoms with Crippen LogP contribution in [0.1, 0.15) is 34.1 Å². The highest BCUT2D eigenvalue weighted by Gasteiger charge is 2.17. The third-order valence-electron chi connectivity index (χ3n) is 2.52. The van der Waals surface area contributed by atoms with E-state index in [0.717, 1.165) is 0 Å². The van der Waals surface area contributed by atoms with Gasteiger partial charge in [0.1, 0.15) is 6.54 Å². The summed E-state index contributed by atoms with van der Waals surface area (Å²) >= 11 is 0. The van der Waals surface area contributed by atoms with E-state index in [2.05, 4.69) is 0 Å². The van der Waals surface area contributed by atoms with E-state index in [-0.39, 0.29) is 12.5 Å². The van der Waals surface area contributed by atoms with E-state index < -0.39 is 11.9 Å². The van der Waals surface area contributed by atoms with Crippen LogP contribution in [-0.4, -0.2) is 40.9 Å². The van der Waals surface area contributed by atoms with Gasteiger partial charge in [0.25, 0.3) is 5.91 Å². The fourth-order valence-electron chi connectivity index (χ4n) is 1.65. The van der Waals surface area contributed by atoms with E-state index >= 15 is 0 Å². The van der Waals surface area contributed by atoms with Gasteiger partial charge < -0.3 is 15.7 Å². The van der Waals surface area contributed by atoms with Crippen LogP contribution in [0.15, 0.2) is 24.3 Å². The van der Waals surface area contributed by atoms with Crippen molar-refractivity contribution < 1.29 is 19.5 Å². The lowest BCUT2D eigenvalue weighted by atomic mass is 10.1. The van der Waals surface area contributed by atoms with Crippen LogP contribution in [0.5, 0.6) is 0 Å². The van der Waals surface area contributed by atoms with Crippen molar-refractivity contribution >= 4 is 17.8 Å². The summed E-state index contributed by atoms with van der Waals surface area (Å²) < 4.78 is 0. The van der Waals surface area contributed by atoms with Crippen LogP contribution in [-0.2, 0) is 4.79 Å². The molecule has 102 valence electrons. The molecule has 1 aromatic rings. The molecule has 0 saturated heterocycles. The van der Waals surface area contributed by atoms with Crippen LogP contribution < -0.4 is 5.73 Å². The molecule has 0 fully saturated rings. The number of hydrogen-bond donors (Lipinski definition) is 2. The molecule has 3 N–H and O–H groups in total. The van der Waals surface area contributed by atoms with Gasteiger partial charge in [0.2, 0.25) is 5.91 Å². The largest absolute Gasteiger partial charge is 0.480 e. The van der Waals surface area contributed by atoms with Gasteiger partial charge in [-0.15, -0.1) is 0 Å². The second kappa shape index (κ2) is 6.53. The van der Waals surface area contributed by atoms with Crippen LogP contribution >= 0.6 is 0 Å². The number of nitrogens with two attached hydrogens (primary N) is 1. The lowest BCUT2D eigenvalue weighted by Gasteiger charge is -2.19. The zero-order chi connectivity index (χ0) is 14.4. The summed E-state index contributed by atoms with van der Waals surface area (Å²) in [6.45, 7) is 1.88. The molecular weight excluding hydrogens is 248 g/mol. The number of carboxylic acid groups (broad SMARTS) is 1. The quantitative estimate of drug-likeness (QED) is 0.790. The molecule has 0 spiro atoms. The molecular formula is C13H16N2O4. The predicted octanol–water partition coefficient (Wildman–Crippen LogP) is 0.722. The first kappa shape index (κ1) is 14.7. The highest BCUT2D eigenvalue weighted by atomic mass is 16.4. The number of aliphatic carboxylic acids is 1. The minimum absolute atomic E-state index is 0.303. The molecule has 0 aromatic heterocycles. The Balaban J connectivity index is 2.89. The number of hydrogen-bond acceptors (Lipinski definition) is 3. The Hall–Kier alpha value is -2.37. The van der Waals surface area contributed by atoms with Gasteiger partial charge in [-0.05, 0) is 30.7 Å². The van der Waals surface area contributed by atoms with E-state index in [4.69, 9.17) is 10.8 Å². The molecule has 1 rings (SSSR count). The van der Waals surface area contributed by atoms with Gasteiger partial charge in [-0.3, -0.25) is 14.4 Å². The molecule has 0 aliphatic carbocycles. The number of amides is 2. The Morgan fingerprint density at radius 3 is 2.11 bits per heavy atom. The summed E-state index contributed by atoms with van der Waals surface area (Å²) in [4.78, 5) is 35.0. The Bertz CT molecular complexity index is 482. The first-order chi connectivity index (χ1) is 8.95. The van der Waals surface area contributed by atoms with E-state index in [1.165, 1.54) is 29.2 Å². The topological polar surface area (TPSA) is 101 Å². The standard InChI is InChI=1S/C13H16N2O4/c1-2-7-15(8-11(16)17)13(19)10-5-3-9(4-6-10)12(14)18/h3-6H,2,7-8H2,1H3,(H2,14,18)(H,16,17). The van der Waals surface area contributed by atoms with Crippen LogP contribution in [0.4, 0.5) is 0 Å². The maximum Gasteiger partial charge on any atom is 0.323 e. The van der Waals surface area contributed by atoms with Gasteiger partial charge in [-0.25, -0.2) is 0 Å². The zero-order valence-corrected chi connectivity index (χ0v) is 10.6. The van der Waals surface area contributed by atoms with Gasteiger partial charge in [0.05, 0.1) is 0 Å². The number of rotatable bonds is 6. The summed E-state index contributed by atoms with van der Waals surface area (Å²) in [5, 5.41) is 8.77. The summed E-state index contributed by atoms with van der Waals surface area (Å²) in [5.41, 5.74) is 5.74. The summed E-state index contributed by atoms with van der Waals surface area (Å²) in [7, 11) is 0. The second-order valence-corrected chi connectivity index (χ2v) is 4.06. The van der Waals surface area contributed by atoms with Crippen molar-refractivity contribution in [2.24, 2.45) is 5.73 Å². The van der Waals surface area contributed by atoms with Crippen LogP contribution in [0.2, 0.25) is 0 Å². The highest BCUT2D eigenvalue weighted by molar-refractivity contribution is 5.98. The molecule has 0 heterocycles. The molecule has 0 radical (unpaired) electrons. The number of benzene rings is 1. The number of carbonyl (C=O) groups excluding carboxylic acids is 2. The maximum absolute atomic E-state index is 12.1. The van der Waals surface area contributed by atoms with E-state index in [1.807, 2.05) is 6.92 Å². The summed E-state index contributed by atoms with van der Waals surface area (Å²) in [5.74, 6) is -2.01. The third kappa shape index (κ3) is 4.09. The first-order valence-electron chi connectivity index (χ1n) is 5.86. The van der Waals surface area contributed by atoms with Crippen molar-refractivity contribution in [3.05, 3.63) is 35.4 Å². The molecule has 1 aromatic carbocycles. The minimum atomic E-state index is -1.06. The molecule has 0 aliphatic rings. The van der Waals surface area contributed by atoms with Crippen LogP contribution in [0.3, 0.4) is 0 Å². The first-order valence-corrected chi connectivity index (χ1v) is 5.86. The molecule has 0 unspecified atom stereocenters. The number of carboxylic acids is 1. The van der Waals surface area contributed by atoms with Crippen molar-refractivity contribution in [3.63, 3.8) is 0 Å². The van der Waals surface area contributed by atoms with Gasteiger partial charge in [0, 0.05) is 17.7 Å². The zero-order valence-electron chi connectivity index (χ0n) is 10.6. The normalized spacial score (nSPS) is 9.95. The predicted molar refractivity (Wildman–Crippen MR) is 68.8 cm³/mol. The monoisotopic (exact) mass is 264 g/mol. The molecule has 0 saturated carbocycles. The SMILES string of the molecule is CCCN(CC(=O)O)C(=O)c1ccc(C(N)=O)cc1. The van der Waals surface area contributed by atoms with Crippen LogP contribution in [0, 0.1) is 0 Å². The average Bonchev–Trinajstić information content (AvgIpc) is 2.37. The number of nitrogens with zero attached hydrogens (tertiary/aromatic N) is 1. The summed E-state index contributed by atoms with van der Waals surface area (Å²) in [6.07, 6.45) is 0.665. The Morgan fingerprint density at radius 2 is 1.68 bits per heavy atom. The molecule has 2 amide bonds. The van der Waals surface area contributed by atoms with Crippen LogP contribution in [0.25, 0.3) is 0 Å². The summed E-state index contributed by atoms with van der Waals surface area (Å²) in [6, 6.07) is 5.82. The third-order valence-corrected chi connectivity index (χ3v) is 2.52. The molecule has 0 atom stereocenters. The van der Waals surface area contributed by atoms with E-state index in [1.54, 1.807) is 0 Å². The van der Waals surface area contributed by atoms with Crippen molar-refractivity contribution in [1.29, 1.82) is 0 Å². The van der Waals surface area contributed by atoms with E-state index in [0.29, 0.717) is 24.1 Å². The van der Waals surface area contributed by atoms with Crippen molar-refractivity contribution in [1.82, 2.24) is 4.90 Å². The van der Waals surface area contributed by atoms with E-state index in [9.17, 15) is 14.4 Å². The fourth-order valence-corrected chi connectivity index (χ4v) is 1.65. The van der Waals surface area contributed by atoms with Gasteiger partial charge in [0.15, 0.2) is 0 Å². The Morgan fingerprint density at radius 1 is 1.16 bits per heavy atom. The fraction of sp³-hybridized carbons (Fsp3) is 0.308. The van der Waals surface area contributed by atoms with Gasteiger partial charge >= 0.3 is 5.97 Å². The minimum Gasteiger partial charge on any atom is -0.480 e.